The number of para-hydroxylation sites is 1. The van der Waals surface area contributed by atoms with Crippen LogP contribution in [-0.2, 0) is 4.74 Å². The van der Waals surface area contributed by atoms with Gasteiger partial charge in [0.25, 0.3) is 0 Å². The van der Waals surface area contributed by atoms with Crippen molar-refractivity contribution in [3.63, 3.8) is 0 Å². The van der Waals surface area contributed by atoms with Gasteiger partial charge in [0, 0.05) is 6.61 Å². The van der Waals surface area contributed by atoms with Crippen molar-refractivity contribution in [3.05, 3.63) is 54.1 Å². The third-order valence-electron chi connectivity index (χ3n) is 4.41. The Hall–Kier alpha value is -2.95. The van der Waals surface area contributed by atoms with Gasteiger partial charge in [-0.05, 0) is 42.8 Å². The van der Waals surface area contributed by atoms with Crippen molar-refractivity contribution < 1.29 is 50.5 Å². The number of rotatable bonds is 12. The lowest BCUT2D eigenvalue weighted by molar-refractivity contribution is -0.324. The zero-order valence-corrected chi connectivity index (χ0v) is 17.5. The molecule has 0 saturated heterocycles. The molecule has 0 fully saturated rings. The molecule has 0 bridgehead atoms. The van der Waals surface area contributed by atoms with E-state index in [1.54, 1.807) is 6.92 Å². The van der Waals surface area contributed by atoms with Crippen LogP contribution in [0.2, 0.25) is 0 Å². The summed E-state index contributed by atoms with van der Waals surface area (Å²) in [5.41, 5.74) is -0.403. The van der Waals surface area contributed by atoms with Gasteiger partial charge in [-0.25, -0.2) is 4.79 Å². The third-order valence-corrected chi connectivity index (χ3v) is 4.41. The number of carbonyl (C=O) groups is 1. The smallest absolute Gasteiger partial charge is 0.377 e. The van der Waals surface area contributed by atoms with Crippen molar-refractivity contribution in [2.75, 3.05) is 19.8 Å². The topological polar surface area (TPSA) is 65.0 Å². The summed E-state index contributed by atoms with van der Waals surface area (Å²) in [6.07, 6.45) is 0.846. The van der Waals surface area contributed by atoms with Gasteiger partial charge in [0.05, 0.1) is 0 Å². The molecule has 2 aromatic carbocycles. The van der Waals surface area contributed by atoms with Gasteiger partial charge in [-0.15, -0.1) is 0 Å². The van der Waals surface area contributed by atoms with Gasteiger partial charge >= 0.3 is 23.7 Å². The number of benzene rings is 2. The van der Waals surface area contributed by atoms with E-state index in [2.05, 4.69) is 9.47 Å². The summed E-state index contributed by atoms with van der Waals surface area (Å²) < 4.78 is 98.0. The molecular formula is C22H22F6O5. The van der Waals surface area contributed by atoms with Gasteiger partial charge in [-0.3, -0.25) is 0 Å². The van der Waals surface area contributed by atoms with E-state index in [0.29, 0.717) is 12.8 Å². The molecule has 0 aliphatic rings. The van der Waals surface area contributed by atoms with Crippen molar-refractivity contribution in [2.24, 2.45) is 0 Å². The number of ether oxygens (including phenoxy) is 3. The fourth-order valence-electron chi connectivity index (χ4n) is 2.50. The maximum Gasteiger partial charge on any atom is 0.377 e. The maximum atomic E-state index is 14.1. The summed E-state index contributed by atoms with van der Waals surface area (Å²) in [6.45, 7) is -2.58. The van der Waals surface area contributed by atoms with Gasteiger partial charge in [-0.2, -0.15) is 26.3 Å². The second-order valence-corrected chi connectivity index (χ2v) is 7.06. The maximum absolute atomic E-state index is 14.1. The van der Waals surface area contributed by atoms with Crippen LogP contribution in [0, 0.1) is 0 Å². The first kappa shape index (κ1) is 26.3. The Morgan fingerprint density at radius 2 is 1.52 bits per heavy atom. The van der Waals surface area contributed by atoms with Crippen LogP contribution in [0.15, 0.2) is 48.5 Å². The van der Waals surface area contributed by atoms with Crippen LogP contribution in [0.4, 0.5) is 26.3 Å². The van der Waals surface area contributed by atoms with Crippen molar-refractivity contribution in [1.29, 1.82) is 0 Å². The van der Waals surface area contributed by atoms with E-state index in [-0.39, 0.29) is 18.1 Å². The van der Waals surface area contributed by atoms with Crippen LogP contribution in [0.5, 0.6) is 17.2 Å². The highest BCUT2D eigenvalue weighted by molar-refractivity contribution is 5.94. The number of aromatic hydroxyl groups is 1. The standard InChI is InChI=1S/C22H22F6O5/c1-2-3-12-31-13-20(23,24)22(27,28)21(25,26)14-32-18-7-5-4-6-17(18)19(30)33-16-10-8-15(29)9-11-16/h4-11,29H,2-3,12-14H2,1H3. The normalized spacial score (nSPS) is 12.5. The lowest BCUT2D eigenvalue weighted by atomic mass is 10.1. The molecule has 2 rings (SSSR count). The Morgan fingerprint density at radius 3 is 2.15 bits per heavy atom. The molecule has 1 N–H and O–H groups in total. The Labute approximate surface area is 185 Å². The largest absolute Gasteiger partial charge is 0.508 e. The van der Waals surface area contributed by atoms with Crippen molar-refractivity contribution in [3.8, 4) is 17.2 Å². The summed E-state index contributed by atoms with van der Waals surface area (Å²) in [5, 5.41) is 9.24. The number of unbranched alkanes of at least 4 members (excludes halogenated alkanes) is 1. The molecule has 0 aliphatic carbocycles. The molecule has 5 nitrogen and oxygen atoms in total. The Kier molecular flexibility index (Phi) is 8.59. The summed E-state index contributed by atoms with van der Waals surface area (Å²) in [6, 6.07) is 9.66. The molecule has 0 radical (unpaired) electrons. The van der Waals surface area contributed by atoms with Gasteiger partial charge in [-0.1, -0.05) is 25.5 Å². The minimum Gasteiger partial charge on any atom is -0.508 e. The van der Waals surface area contributed by atoms with E-state index in [1.165, 1.54) is 36.4 Å². The SMILES string of the molecule is CCCCOCC(F)(F)C(F)(F)C(F)(F)COc1ccccc1C(=O)Oc1ccc(O)cc1. The van der Waals surface area contributed by atoms with Crippen molar-refractivity contribution in [1.82, 2.24) is 0 Å². The van der Waals surface area contributed by atoms with Gasteiger partial charge in [0.1, 0.15) is 29.4 Å². The third kappa shape index (κ3) is 6.53. The fraction of sp³-hybridized carbons (Fsp3) is 0.409. The lowest BCUT2D eigenvalue weighted by Gasteiger charge is -2.32. The Morgan fingerprint density at radius 1 is 0.909 bits per heavy atom. The van der Waals surface area contributed by atoms with E-state index < -0.39 is 48.3 Å². The second kappa shape index (κ2) is 10.8. The van der Waals surface area contributed by atoms with Gasteiger partial charge < -0.3 is 19.3 Å². The minimum absolute atomic E-state index is 0.00724. The fourth-order valence-corrected chi connectivity index (χ4v) is 2.50. The van der Waals surface area contributed by atoms with Gasteiger partial charge in [0.15, 0.2) is 6.61 Å². The van der Waals surface area contributed by atoms with Crippen LogP contribution in [0.3, 0.4) is 0 Å². The molecular weight excluding hydrogens is 458 g/mol. The number of esters is 1. The van der Waals surface area contributed by atoms with E-state index in [1.807, 2.05) is 0 Å². The van der Waals surface area contributed by atoms with Crippen LogP contribution in [-0.4, -0.2) is 48.7 Å². The average Bonchev–Trinajstić information content (AvgIpc) is 2.77. The van der Waals surface area contributed by atoms with Gasteiger partial charge in [0.2, 0.25) is 0 Å². The van der Waals surface area contributed by atoms with E-state index in [9.17, 15) is 36.2 Å². The molecule has 0 spiro atoms. The number of carbonyl (C=O) groups excluding carboxylic acids is 1. The number of hydrogen-bond donors (Lipinski definition) is 1. The minimum atomic E-state index is -5.78. The molecule has 0 atom stereocenters. The van der Waals surface area contributed by atoms with E-state index in [0.717, 1.165) is 12.1 Å². The summed E-state index contributed by atoms with van der Waals surface area (Å²) in [7, 11) is 0. The highest BCUT2D eigenvalue weighted by atomic mass is 19.3. The van der Waals surface area contributed by atoms with Crippen LogP contribution in [0.1, 0.15) is 30.1 Å². The first-order chi connectivity index (χ1) is 15.4. The number of hydrogen-bond acceptors (Lipinski definition) is 5. The molecule has 0 unspecified atom stereocenters. The molecule has 182 valence electrons. The predicted molar refractivity (Wildman–Crippen MR) is 106 cm³/mol. The molecule has 11 heteroatoms. The zero-order chi connectivity index (χ0) is 24.7. The highest BCUT2D eigenvalue weighted by Crippen LogP contribution is 2.46. The summed E-state index contributed by atoms with van der Waals surface area (Å²) >= 11 is 0. The summed E-state index contributed by atoms with van der Waals surface area (Å²) in [4.78, 5) is 12.3. The number of halogens is 6. The first-order valence-electron chi connectivity index (χ1n) is 9.85. The zero-order valence-electron chi connectivity index (χ0n) is 17.5. The number of phenolic OH excluding ortho intramolecular Hbond substituents is 1. The predicted octanol–water partition coefficient (Wildman–Crippen LogP) is 5.71. The van der Waals surface area contributed by atoms with E-state index >= 15 is 0 Å². The molecule has 2 aromatic rings. The molecule has 0 heterocycles. The quantitative estimate of drug-likeness (QED) is 0.182. The molecule has 0 aromatic heterocycles. The van der Waals surface area contributed by atoms with Crippen LogP contribution >= 0.6 is 0 Å². The second-order valence-electron chi connectivity index (χ2n) is 7.06. The van der Waals surface area contributed by atoms with Crippen molar-refractivity contribution in [2.45, 2.75) is 37.5 Å². The Bertz CT molecular complexity index is 918. The molecule has 0 saturated carbocycles. The monoisotopic (exact) mass is 480 g/mol. The average molecular weight is 480 g/mol. The van der Waals surface area contributed by atoms with Crippen molar-refractivity contribution >= 4 is 5.97 Å². The number of alkyl halides is 6. The molecule has 0 aliphatic heterocycles. The number of phenols is 1. The van der Waals surface area contributed by atoms with Crippen LogP contribution in [0.25, 0.3) is 0 Å². The molecule has 33 heavy (non-hydrogen) atoms. The molecule has 0 amide bonds. The van der Waals surface area contributed by atoms with Crippen LogP contribution < -0.4 is 9.47 Å². The van der Waals surface area contributed by atoms with E-state index in [4.69, 9.17) is 4.74 Å². The highest BCUT2D eigenvalue weighted by Gasteiger charge is 2.71. The first-order valence-corrected chi connectivity index (χ1v) is 9.85. The summed E-state index contributed by atoms with van der Waals surface area (Å²) in [5.74, 6) is -18.0. The lowest BCUT2D eigenvalue weighted by Crippen LogP contribution is -2.58. The Balaban J connectivity index is 2.11.